The molecule has 1 saturated carbocycles. The predicted octanol–water partition coefficient (Wildman–Crippen LogP) is 1.78. The van der Waals surface area contributed by atoms with Crippen LogP contribution >= 0.6 is 0 Å². The van der Waals surface area contributed by atoms with Crippen LogP contribution in [0, 0.1) is 24.2 Å². The average molecular weight is 306 g/mol. The number of nitrogens with zero attached hydrogens (tertiary/aromatic N) is 1. The molecule has 1 heterocycles. The summed E-state index contributed by atoms with van der Waals surface area (Å²) >= 11 is 0. The molecule has 0 bridgehead atoms. The SMILES string of the molecule is C#CCN1CCC(C(=O)N[C@@](C)(CO)C2CCCCC2)CC1. The summed E-state index contributed by atoms with van der Waals surface area (Å²) in [6, 6.07) is 0. The number of hydrogen-bond donors (Lipinski definition) is 2. The molecular formula is C18H30N2O2. The quantitative estimate of drug-likeness (QED) is 0.761. The van der Waals surface area contributed by atoms with Crippen LogP contribution in [0.2, 0.25) is 0 Å². The van der Waals surface area contributed by atoms with Gasteiger partial charge < -0.3 is 10.4 Å². The Bertz CT molecular complexity index is 404. The smallest absolute Gasteiger partial charge is 0.223 e. The molecule has 124 valence electrons. The number of amides is 1. The van der Waals surface area contributed by atoms with E-state index in [0.29, 0.717) is 12.5 Å². The maximum Gasteiger partial charge on any atom is 0.223 e. The number of rotatable bonds is 5. The Balaban J connectivity index is 1.88. The van der Waals surface area contributed by atoms with E-state index in [-0.39, 0.29) is 18.4 Å². The van der Waals surface area contributed by atoms with Crippen molar-refractivity contribution in [3.05, 3.63) is 0 Å². The Morgan fingerprint density at radius 1 is 1.27 bits per heavy atom. The average Bonchev–Trinajstić information content (AvgIpc) is 2.56. The Morgan fingerprint density at radius 3 is 2.45 bits per heavy atom. The maximum absolute atomic E-state index is 12.6. The number of carbonyl (C=O) groups is 1. The van der Waals surface area contributed by atoms with E-state index in [4.69, 9.17) is 6.42 Å². The first-order chi connectivity index (χ1) is 10.6. The summed E-state index contributed by atoms with van der Waals surface area (Å²) in [5.41, 5.74) is -0.465. The van der Waals surface area contributed by atoms with Crippen LogP contribution < -0.4 is 5.32 Å². The van der Waals surface area contributed by atoms with Crippen molar-refractivity contribution in [1.29, 1.82) is 0 Å². The van der Waals surface area contributed by atoms with Crippen molar-refractivity contribution in [2.75, 3.05) is 26.2 Å². The molecule has 0 radical (unpaired) electrons. The number of aliphatic hydroxyl groups excluding tert-OH is 1. The Morgan fingerprint density at radius 2 is 1.91 bits per heavy atom. The molecule has 22 heavy (non-hydrogen) atoms. The molecule has 1 aliphatic carbocycles. The molecule has 2 aliphatic rings. The van der Waals surface area contributed by atoms with E-state index in [9.17, 15) is 9.90 Å². The second-order valence-electron chi connectivity index (χ2n) is 7.15. The van der Waals surface area contributed by atoms with Gasteiger partial charge in [-0.15, -0.1) is 6.42 Å². The second kappa shape index (κ2) is 7.99. The fraction of sp³-hybridized carbons (Fsp3) is 0.833. The molecule has 1 amide bonds. The van der Waals surface area contributed by atoms with Crippen LogP contribution in [0.15, 0.2) is 0 Å². The number of carbonyl (C=O) groups excluding carboxylic acids is 1. The minimum Gasteiger partial charge on any atom is -0.394 e. The molecule has 2 fully saturated rings. The summed E-state index contributed by atoms with van der Waals surface area (Å²) in [6.45, 7) is 4.49. The van der Waals surface area contributed by atoms with Gasteiger partial charge in [0.05, 0.1) is 18.7 Å². The normalized spacial score (nSPS) is 24.4. The Hall–Kier alpha value is -1.05. The molecule has 1 saturated heterocycles. The van der Waals surface area contributed by atoms with Gasteiger partial charge in [-0.1, -0.05) is 25.2 Å². The van der Waals surface area contributed by atoms with Crippen LogP contribution in [-0.4, -0.2) is 47.7 Å². The maximum atomic E-state index is 12.6. The van der Waals surface area contributed by atoms with Gasteiger partial charge in [0.2, 0.25) is 5.91 Å². The van der Waals surface area contributed by atoms with Gasteiger partial charge in [-0.05, 0) is 51.6 Å². The topological polar surface area (TPSA) is 52.6 Å². The minimum absolute atomic E-state index is 0.0271. The van der Waals surface area contributed by atoms with Gasteiger partial charge in [-0.3, -0.25) is 9.69 Å². The molecule has 2 rings (SSSR count). The van der Waals surface area contributed by atoms with Crippen LogP contribution in [0.3, 0.4) is 0 Å². The van der Waals surface area contributed by atoms with Crippen LogP contribution in [-0.2, 0) is 4.79 Å². The van der Waals surface area contributed by atoms with Gasteiger partial charge in [0.25, 0.3) is 0 Å². The molecule has 0 aromatic rings. The van der Waals surface area contributed by atoms with E-state index >= 15 is 0 Å². The van der Waals surface area contributed by atoms with Crippen molar-refractivity contribution in [2.24, 2.45) is 11.8 Å². The van der Waals surface area contributed by atoms with Crippen LogP contribution in [0.4, 0.5) is 0 Å². The lowest BCUT2D eigenvalue weighted by molar-refractivity contribution is -0.129. The molecular weight excluding hydrogens is 276 g/mol. The zero-order chi connectivity index (χ0) is 16.0. The first-order valence-corrected chi connectivity index (χ1v) is 8.68. The molecule has 0 spiro atoms. The zero-order valence-electron chi connectivity index (χ0n) is 13.8. The first-order valence-electron chi connectivity index (χ1n) is 8.68. The van der Waals surface area contributed by atoms with E-state index in [1.54, 1.807) is 0 Å². The first kappa shape index (κ1) is 17.3. The lowest BCUT2D eigenvalue weighted by Crippen LogP contribution is -2.56. The largest absolute Gasteiger partial charge is 0.394 e. The number of terminal acetylenes is 1. The highest BCUT2D eigenvalue weighted by atomic mass is 16.3. The van der Waals surface area contributed by atoms with E-state index < -0.39 is 5.54 Å². The molecule has 1 atom stereocenters. The standard InChI is InChI=1S/C18H30N2O2/c1-3-11-20-12-9-15(10-13-20)17(22)19-18(2,14-21)16-7-5-4-6-8-16/h1,15-16,21H,4-14H2,2H3,(H,19,22)/t18-/m0/s1. The monoisotopic (exact) mass is 306 g/mol. The molecule has 0 aromatic carbocycles. The fourth-order valence-corrected chi connectivity index (χ4v) is 3.88. The van der Waals surface area contributed by atoms with Crippen molar-refractivity contribution in [2.45, 2.75) is 57.4 Å². The molecule has 4 nitrogen and oxygen atoms in total. The summed E-state index contributed by atoms with van der Waals surface area (Å²) in [5.74, 6) is 3.24. The highest BCUT2D eigenvalue weighted by Crippen LogP contribution is 2.33. The fourth-order valence-electron chi connectivity index (χ4n) is 3.88. The summed E-state index contributed by atoms with van der Waals surface area (Å²) in [4.78, 5) is 14.8. The Labute approximate surface area is 134 Å². The number of aliphatic hydroxyl groups is 1. The highest BCUT2D eigenvalue weighted by Gasteiger charge is 2.37. The third-order valence-corrected chi connectivity index (χ3v) is 5.52. The summed E-state index contributed by atoms with van der Waals surface area (Å²) in [7, 11) is 0. The third-order valence-electron chi connectivity index (χ3n) is 5.52. The van der Waals surface area contributed by atoms with Crippen molar-refractivity contribution in [3.8, 4) is 12.3 Å². The van der Waals surface area contributed by atoms with Gasteiger partial charge in [0.15, 0.2) is 0 Å². The lowest BCUT2D eigenvalue weighted by Gasteiger charge is -2.41. The summed E-state index contributed by atoms with van der Waals surface area (Å²) in [5, 5.41) is 13.0. The number of piperidine rings is 1. The predicted molar refractivity (Wildman–Crippen MR) is 88.2 cm³/mol. The van der Waals surface area contributed by atoms with Crippen LogP contribution in [0.5, 0.6) is 0 Å². The van der Waals surface area contributed by atoms with Crippen molar-refractivity contribution in [3.63, 3.8) is 0 Å². The van der Waals surface area contributed by atoms with Crippen molar-refractivity contribution in [1.82, 2.24) is 10.2 Å². The highest BCUT2D eigenvalue weighted by molar-refractivity contribution is 5.79. The second-order valence-corrected chi connectivity index (χ2v) is 7.15. The van der Waals surface area contributed by atoms with Gasteiger partial charge in [0.1, 0.15) is 0 Å². The van der Waals surface area contributed by atoms with E-state index in [0.717, 1.165) is 38.8 Å². The van der Waals surface area contributed by atoms with Gasteiger partial charge >= 0.3 is 0 Å². The number of hydrogen-bond acceptors (Lipinski definition) is 3. The van der Waals surface area contributed by atoms with Crippen molar-refractivity contribution < 1.29 is 9.90 Å². The lowest BCUT2D eigenvalue weighted by atomic mass is 9.75. The Kier molecular flexibility index (Phi) is 6.28. The summed E-state index contributed by atoms with van der Waals surface area (Å²) < 4.78 is 0. The molecule has 0 aromatic heterocycles. The van der Waals surface area contributed by atoms with Crippen LogP contribution in [0.25, 0.3) is 0 Å². The van der Waals surface area contributed by atoms with Gasteiger partial charge in [0, 0.05) is 5.92 Å². The molecule has 2 N–H and O–H groups in total. The van der Waals surface area contributed by atoms with E-state index in [1.807, 2.05) is 6.92 Å². The zero-order valence-corrected chi connectivity index (χ0v) is 13.8. The van der Waals surface area contributed by atoms with E-state index in [2.05, 4.69) is 16.1 Å². The molecule has 1 aliphatic heterocycles. The van der Waals surface area contributed by atoms with E-state index in [1.165, 1.54) is 19.3 Å². The third kappa shape index (κ3) is 4.24. The number of nitrogens with one attached hydrogen (secondary N) is 1. The van der Waals surface area contributed by atoms with Crippen LogP contribution in [0.1, 0.15) is 51.9 Å². The summed E-state index contributed by atoms with van der Waals surface area (Å²) in [6.07, 6.45) is 13.0. The molecule has 4 heteroatoms. The molecule has 0 unspecified atom stereocenters. The minimum atomic E-state index is -0.465. The number of likely N-dealkylation sites (tertiary alicyclic amines) is 1. The van der Waals surface area contributed by atoms with Gasteiger partial charge in [-0.2, -0.15) is 0 Å². The van der Waals surface area contributed by atoms with Crippen molar-refractivity contribution >= 4 is 5.91 Å². The van der Waals surface area contributed by atoms with Gasteiger partial charge in [-0.25, -0.2) is 0 Å².